The molecule has 24 heavy (non-hydrogen) atoms. The van der Waals surface area contributed by atoms with E-state index in [4.69, 9.17) is 0 Å². The van der Waals surface area contributed by atoms with Crippen LogP contribution >= 0.6 is 0 Å². The minimum Gasteiger partial charge on any atom is -0.353 e. The van der Waals surface area contributed by atoms with E-state index in [1.165, 1.54) is 18.2 Å². The van der Waals surface area contributed by atoms with Crippen LogP contribution in [-0.2, 0) is 11.3 Å². The normalized spacial score (nSPS) is 19.7. The van der Waals surface area contributed by atoms with Gasteiger partial charge in [-0.3, -0.25) is 19.8 Å². The highest BCUT2D eigenvalue weighted by molar-refractivity contribution is 5.79. The van der Waals surface area contributed by atoms with E-state index in [1.807, 2.05) is 4.90 Å². The first-order valence-corrected chi connectivity index (χ1v) is 8.49. The number of hydrogen-bond acceptors (Lipinski definition) is 4. The van der Waals surface area contributed by atoms with Crippen LogP contribution in [0.2, 0.25) is 0 Å². The number of amides is 1. The summed E-state index contributed by atoms with van der Waals surface area (Å²) in [5, 5.41) is 14.2. The van der Waals surface area contributed by atoms with Gasteiger partial charge in [0.05, 0.1) is 10.5 Å². The van der Waals surface area contributed by atoms with Gasteiger partial charge in [-0.05, 0) is 31.7 Å². The van der Waals surface area contributed by atoms with Gasteiger partial charge in [0.2, 0.25) is 5.91 Å². The van der Waals surface area contributed by atoms with Crippen LogP contribution in [0.5, 0.6) is 0 Å². The van der Waals surface area contributed by atoms with Crippen LogP contribution in [0.15, 0.2) is 18.2 Å². The first-order valence-electron chi connectivity index (χ1n) is 8.49. The number of piperidine rings is 1. The standard InChI is InChI=1S/C17H22FN3O3/c18-15-5-2-6-16(21(23)24)14(15)11-20-9-7-13(8-10-20)19-17(22)12-3-1-4-12/h2,5-6,12-13H,1,3-4,7-11H2,(H,19,22). The van der Waals surface area contributed by atoms with Gasteiger partial charge < -0.3 is 5.32 Å². The smallest absolute Gasteiger partial charge is 0.276 e. The van der Waals surface area contributed by atoms with Gasteiger partial charge in [-0.2, -0.15) is 0 Å². The van der Waals surface area contributed by atoms with Crippen molar-refractivity contribution in [3.8, 4) is 0 Å². The largest absolute Gasteiger partial charge is 0.353 e. The van der Waals surface area contributed by atoms with E-state index in [2.05, 4.69) is 5.32 Å². The van der Waals surface area contributed by atoms with Crippen LogP contribution in [0.1, 0.15) is 37.7 Å². The fourth-order valence-corrected chi connectivity index (χ4v) is 3.32. The number of hydrogen-bond donors (Lipinski definition) is 1. The Labute approximate surface area is 140 Å². The molecule has 7 heteroatoms. The van der Waals surface area contributed by atoms with Crippen molar-refractivity contribution in [3.63, 3.8) is 0 Å². The van der Waals surface area contributed by atoms with Crippen molar-refractivity contribution in [2.75, 3.05) is 13.1 Å². The van der Waals surface area contributed by atoms with Gasteiger partial charge in [0.25, 0.3) is 5.69 Å². The summed E-state index contributed by atoms with van der Waals surface area (Å²) in [6.07, 6.45) is 4.70. The number of benzene rings is 1. The van der Waals surface area contributed by atoms with Gasteiger partial charge in [0, 0.05) is 37.7 Å². The lowest BCUT2D eigenvalue weighted by atomic mass is 9.84. The molecule has 1 saturated heterocycles. The van der Waals surface area contributed by atoms with E-state index < -0.39 is 10.7 Å². The molecule has 1 aliphatic carbocycles. The first kappa shape index (κ1) is 16.8. The van der Waals surface area contributed by atoms with E-state index >= 15 is 0 Å². The van der Waals surface area contributed by atoms with Crippen LogP contribution < -0.4 is 5.32 Å². The summed E-state index contributed by atoms with van der Waals surface area (Å²) in [6, 6.07) is 4.11. The third-order valence-corrected chi connectivity index (χ3v) is 5.08. The van der Waals surface area contributed by atoms with Crippen LogP contribution in [0.3, 0.4) is 0 Å². The molecule has 1 aliphatic heterocycles. The number of rotatable bonds is 5. The van der Waals surface area contributed by atoms with Crippen molar-refractivity contribution in [2.45, 2.75) is 44.7 Å². The molecule has 1 saturated carbocycles. The van der Waals surface area contributed by atoms with E-state index in [-0.39, 0.29) is 35.7 Å². The zero-order valence-electron chi connectivity index (χ0n) is 13.5. The molecule has 1 amide bonds. The molecule has 0 atom stereocenters. The van der Waals surface area contributed by atoms with Crippen LogP contribution in [0.4, 0.5) is 10.1 Å². The van der Waals surface area contributed by atoms with Crippen LogP contribution in [-0.4, -0.2) is 34.9 Å². The molecule has 6 nitrogen and oxygen atoms in total. The Kier molecular flexibility index (Phi) is 5.08. The van der Waals surface area contributed by atoms with Gasteiger partial charge in [-0.1, -0.05) is 12.5 Å². The number of nitrogens with zero attached hydrogens (tertiary/aromatic N) is 2. The maximum absolute atomic E-state index is 14.0. The third-order valence-electron chi connectivity index (χ3n) is 5.08. The van der Waals surface area contributed by atoms with Crippen LogP contribution in [0, 0.1) is 21.8 Å². The van der Waals surface area contributed by atoms with Crippen molar-refractivity contribution in [3.05, 3.63) is 39.7 Å². The Balaban J connectivity index is 1.54. The Morgan fingerprint density at radius 2 is 2.00 bits per heavy atom. The Bertz CT molecular complexity index is 626. The molecule has 0 spiro atoms. The minimum atomic E-state index is -0.538. The molecule has 3 rings (SSSR count). The molecular formula is C17H22FN3O3. The minimum absolute atomic E-state index is 0.138. The number of nitro groups is 1. The third kappa shape index (κ3) is 3.72. The van der Waals surface area contributed by atoms with Gasteiger partial charge in [0.15, 0.2) is 0 Å². The second-order valence-corrected chi connectivity index (χ2v) is 6.68. The summed E-state index contributed by atoms with van der Waals surface area (Å²) in [7, 11) is 0. The Morgan fingerprint density at radius 3 is 2.58 bits per heavy atom. The van der Waals surface area contributed by atoms with E-state index in [1.54, 1.807) is 0 Å². The van der Waals surface area contributed by atoms with Gasteiger partial charge in [-0.15, -0.1) is 0 Å². The van der Waals surface area contributed by atoms with Crippen molar-refractivity contribution >= 4 is 11.6 Å². The van der Waals surface area contributed by atoms with E-state index in [9.17, 15) is 19.3 Å². The zero-order chi connectivity index (χ0) is 17.1. The van der Waals surface area contributed by atoms with Crippen molar-refractivity contribution in [1.82, 2.24) is 10.2 Å². The second kappa shape index (κ2) is 7.25. The highest BCUT2D eigenvalue weighted by atomic mass is 19.1. The summed E-state index contributed by atoms with van der Waals surface area (Å²) < 4.78 is 14.0. The number of nitro benzene ring substituents is 1. The number of carbonyl (C=O) groups excluding carboxylic acids is 1. The van der Waals surface area contributed by atoms with Gasteiger partial charge >= 0.3 is 0 Å². The monoisotopic (exact) mass is 335 g/mol. The number of likely N-dealkylation sites (tertiary alicyclic amines) is 1. The molecule has 2 fully saturated rings. The first-order chi connectivity index (χ1) is 11.5. The second-order valence-electron chi connectivity index (χ2n) is 6.68. The van der Waals surface area contributed by atoms with Crippen molar-refractivity contribution < 1.29 is 14.1 Å². The average molecular weight is 335 g/mol. The fourth-order valence-electron chi connectivity index (χ4n) is 3.32. The van der Waals surface area contributed by atoms with Gasteiger partial charge in [-0.25, -0.2) is 4.39 Å². The molecule has 0 bridgehead atoms. The topological polar surface area (TPSA) is 75.5 Å². The molecule has 1 aromatic carbocycles. The van der Waals surface area contributed by atoms with Gasteiger partial charge in [0.1, 0.15) is 5.82 Å². The molecule has 1 aromatic rings. The molecular weight excluding hydrogens is 313 g/mol. The lowest BCUT2D eigenvalue weighted by molar-refractivity contribution is -0.386. The zero-order valence-corrected chi connectivity index (χ0v) is 13.5. The Hall–Kier alpha value is -2.02. The van der Waals surface area contributed by atoms with Crippen molar-refractivity contribution in [2.24, 2.45) is 5.92 Å². The summed E-state index contributed by atoms with van der Waals surface area (Å²) >= 11 is 0. The summed E-state index contributed by atoms with van der Waals surface area (Å²) in [5.41, 5.74) is -0.0325. The predicted molar refractivity (Wildman–Crippen MR) is 86.8 cm³/mol. The quantitative estimate of drug-likeness (QED) is 0.663. The van der Waals surface area contributed by atoms with E-state index in [0.29, 0.717) is 13.1 Å². The molecule has 1 N–H and O–H groups in total. The number of carbonyl (C=O) groups is 1. The fraction of sp³-hybridized carbons (Fsp3) is 0.588. The lowest BCUT2D eigenvalue weighted by Crippen LogP contribution is -2.47. The predicted octanol–water partition coefficient (Wildman–Crippen LogP) is 2.61. The maximum Gasteiger partial charge on any atom is 0.276 e. The SMILES string of the molecule is O=C(NC1CCN(Cc2c(F)cccc2[N+](=O)[O-])CC1)C1CCC1. The molecule has 0 unspecified atom stereocenters. The highest BCUT2D eigenvalue weighted by Gasteiger charge is 2.29. The maximum atomic E-state index is 14.0. The lowest BCUT2D eigenvalue weighted by Gasteiger charge is -2.34. The Morgan fingerprint density at radius 1 is 1.29 bits per heavy atom. The molecule has 0 aromatic heterocycles. The molecule has 1 heterocycles. The van der Waals surface area contributed by atoms with Crippen molar-refractivity contribution in [1.29, 1.82) is 0 Å². The molecule has 130 valence electrons. The number of nitrogens with one attached hydrogen (secondary N) is 1. The molecule has 0 radical (unpaired) electrons. The highest BCUT2D eigenvalue weighted by Crippen LogP contribution is 2.27. The summed E-state index contributed by atoms with van der Waals surface area (Å²) in [4.78, 5) is 24.5. The van der Waals surface area contributed by atoms with E-state index in [0.717, 1.165) is 32.1 Å². The summed E-state index contributed by atoms with van der Waals surface area (Å²) in [5.74, 6) is -0.196. The molecule has 2 aliphatic rings. The van der Waals surface area contributed by atoms with Crippen LogP contribution in [0.25, 0.3) is 0 Å². The number of halogens is 1. The summed E-state index contributed by atoms with van der Waals surface area (Å²) in [6.45, 7) is 1.62. The average Bonchev–Trinajstić information content (AvgIpc) is 2.49.